The van der Waals surface area contributed by atoms with Crippen molar-refractivity contribution in [3.63, 3.8) is 0 Å². The van der Waals surface area contributed by atoms with Crippen LogP contribution < -0.4 is 14.2 Å². The van der Waals surface area contributed by atoms with Gasteiger partial charge in [-0.15, -0.1) is 0 Å². The standard InChI is InChI=1S/C29H26O8/c1-18(2)28(33)36-25-12-8-20(14-22(25)17-30)6-10-23(31)16-24(32)11-7-21-9-13-26(27(15-21)35-5)37-29(34)19(3)4/h6-15,17H,1,3,16H2,2,4-5H3/b10-6-,11-7-. The van der Waals surface area contributed by atoms with E-state index >= 15 is 0 Å². The van der Waals surface area contributed by atoms with E-state index < -0.39 is 23.5 Å². The molecule has 2 rings (SSSR count). The molecule has 2 aromatic rings. The van der Waals surface area contributed by atoms with E-state index in [9.17, 15) is 24.0 Å². The van der Waals surface area contributed by atoms with Crippen LogP contribution in [0, 0.1) is 0 Å². The third-order valence-electron chi connectivity index (χ3n) is 4.72. The van der Waals surface area contributed by atoms with E-state index in [2.05, 4.69) is 13.2 Å². The van der Waals surface area contributed by atoms with Crippen LogP contribution in [0.15, 0.2) is 72.9 Å². The average Bonchev–Trinajstić information content (AvgIpc) is 2.87. The molecule has 0 radical (unpaired) electrons. The molecule has 8 nitrogen and oxygen atoms in total. The Balaban J connectivity index is 2.02. The summed E-state index contributed by atoms with van der Waals surface area (Å²) < 4.78 is 15.5. The molecule has 0 saturated heterocycles. The van der Waals surface area contributed by atoms with Crippen molar-refractivity contribution in [2.45, 2.75) is 20.3 Å². The predicted octanol–water partition coefficient (Wildman–Crippen LogP) is 4.73. The van der Waals surface area contributed by atoms with E-state index in [0.717, 1.165) is 0 Å². The molecule has 0 bridgehead atoms. The molecule has 37 heavy (non-hydrogen) atoms. The van der Waals surface area contributed by atoms with Gasteiger partial charge in [0.15, 0.2) is 29.4 Å². The van der Waals surface area contributed by atoms with Crippen LogP contribution in [0.3, 0.4) is 0 Å². The Kier molecular flexibility index (Phi) is 10.2. The average molecular weight is 503 g/mol. The van der Waals surface area contributed by atoms with E-state index in [1.807, 2.05) is 0 Å². The van der Waals surface area contributed by atoms with Gasteiger partial charge in [0, 0.05) is 11.1 Å². The minimum Gasteiger partial charge on any atom is -0.493 e. The second-order valence-electron chi connectivity index (χ2n) is 7.94. The normalized spacial score (nSPS) is 10.7. The highest BCUT2D eigenvalue weighted by Gasteiger charge is 2.12. The van der Waals surface area contributed by atoms with Crippen LogP contribution in [0.1, 0.15) is 41.8 Å². The van der Waals surface area contributed by atoms with Crippen molar-refractivity contribution < 1.29 is 38.2 Å². The van der Waals surface area contributed by atoms with Crippen molar-refractivity contribution >= 4 is 41.9 Å². The monoisotopic (exact) mass is 502 g/mol. The van der Waals surface area contributed by atoms with Gasteiger partial charge in [-0.1, -0.05) is 37.4 Å². The van der Waals surface area contributed by atoms with Crippen molar-refractivity contribution in [3.05, 3.63) is 89.5 Å². The molecule has 190 valence electrons. The van der Waals surface area contributed by atoms with Gasteiger partial charge in [0.1, 0.15) is 5.75 Å². The van der Waals surface area contributed by atoms with E-state index in [1.165, 1.54) is 63.5 Å². The number of esters is 2. The van der Waals surface area contributed by atoms with Crippen LogP contribution >= 0.6 is 0 Å². The molecule has 2 aromatic carbocycles. The van der Waals surface area contributed by atoms with Crippen LogP contribution in [0.5, 0.6) is 17.2 Å². The fraction of sp³-hybridized carbons (Fsp3) is 0.138. The van der Waals surface area contributed by atoms with Crippen molar-refractivity contribution in [2.24, 2.45) is 0 Å². The fourth-order valence-corrected chi connectivity index (χ4v) is 2.77. The lowest BCUT2D eigenvalue weighted by Gasteiger charge is -2.09. The fourth-order valence-electron chi connectivity index (χ4n) is 2.77. The molecule has 0 aliphatic carbocycles. The molecule has 0 amide bonds. The maximum atomic E-state index is 12.2. The SMILES string of the molecule is C=C(C)C(=O)Oc1ccc(/C=C\C(=O)CC(=O)/C=C\c2ccc(OC(=O)C(=C)C)c(OC)c2)cc1C=O. The zero-order valence-electron chi connectivity index (χ0n) is 20.7. The summed E-state index contributed by atoms with van der Waals surface area (Å²) in [4.78, 5) is 59.2. The van der Waals surface area contributed by atoms with Gasteiger partial charge in [-0.05, 0) is 61.4 Å². The largest absolute Gasteiger partial charge is 0.493 e. The molecular formula is C29H26O8. The maximum absolute atomic E-state index is 12.2. The Morgan fingerprint density at radius 3 is 1.73 bits per heavy atom. The van der Waals surface area contributed by atoms with Crippen LogP contribution in [-0.4, -0.2) is 36.9 Å². The molecule has 0 N–H and O–H groups in total. The van der Waals surface area contributed by atoms with Crippen LogP contribution in [0.2, 0.25) is 0 Å². The predicted molar refractivity (Wildman–Crippen MR) is 138 cm³/mol. The summed E-state index contributed by atoms with van der Waals surface area (Å²) in [5.74, 6) is -1.55. The van der Waals surface area contributed by atoms with Gasteiger partial charge < -0.3 is 14.2 Å². The number of benzene rings is 2. The quantitative estimate of drug-likeness (QED) is 0.135. The first-order chi connectivity index (χ1) is 17.5. The van der Waals surface area contributed by atoms with Gasteiger partial charge in [-0.25, -0.2) is 9.59 Å². The summed E-state index contributed by atoms with van der Waals surface area (Å²) in [6, 6.07) is 9.16. The van der Waals surface area contributed by atoms with E-state index in [0.29, 0.717) is 23.2 Å². The Bertz CT molecular complexity index is 1330. The van der Waals surface area contributed by atoms with Crippen molar-refractivity contribution in [2.75, 3.05) is 7.11 Å². The Morgan fingerprint density at radius 1 is 0.757 bits per heavy atom. The minimum absolute atomic E-state index is 0.0745. The van der Waals surface area contributed by atoms with E-state index in [4.69, 9.17) is 14.2 Å². The number of rotatable bonds is 12. The maximum Gasteiger partial charge on any atom is 0.338 e. The minimum atomic E-state index is -0.659. The van der Waals surface area contributed by atoms with Crippen molar-refractivity contribution in [1.82, 2.24) is 0 Å². The van der Waals surface area contributed by atoms with Gasteiger partial charge in [0.25, 0.3) is 0 Å². The van der Waals surface area contributed by atoms with Gasteiger partial charge in [-0.2, -0.15) is 0 Å². The first kappa shape index (κ1) is 28.4. The number of ketones is 2. The van der Waals surface area contributed by atoms with Gasteiger partial charge >= 0.3 is 11.9 Å². The summed E-state index contributed by atoms with van der Waals surface area (Å²) in [5, 5.41) is 0. The van der Waals surface area contributed by atoms with Gasteiger partial charge in [0.05, 0.1) is 19.1 Å². The molecule has 0 spiro atoms. The van der Waals surface area contributed by atoms with Gasteiger partial charge in [0.2, 0.25) is 0 Å². The summed E-state index contributed by atoms with van der Waals surface area (Å²) in [7, 11) is 1.41. The number of aldehydes is 1. The third kappa shape index (κ3) is 8.70. The highest BCUT2D eigenvalue weighted by molar-refractivity contribution is 6.11. The number of allylic oxidation sites excluding steroid dienone is 2. The summed E-state index contributed by atoms with van der Waals surface area (Å²) in [6.07, 6.45) is 5.60. The summed E-state index contributed by atoms with van der Waals surface area (Å²) in [5.41, 5.74) is 1.65. The topological polar surface area (TPSA) is 113 Å². The van der Waals surface area contributed by atoms with E-state index in [1.54, 1.807) is 18.2 Å². The molecule has 0 atom stereocenters. The Morgan fingerprint density at radius 2 is 1.24 bits per heavy atom. The molecule has 0 aliphatic rings. The van der Waals surface area contributed by atoms with Crippen molar-refractivity contribution in [1.29, 1.82) is 0 Å². The highest BCUT2D eigenvalue weighted by Crippen LogP contribution is 2.29. The molecular weight excluding hydrogens is 476 g/mol. The summed E-state index contributed by atoms with van der Waals surface area (Å²) >= 11 is 0. The van der Waals surface area contributed by atoms with Crippen molar-refractivity contribution in [3.8, 4) is 17.2 Å². The smallest absolute Gasteiger partial charge is 0.338 e. The Labute approximate surface area is 214 Å². The second kappa shape index (κ2) is 13.3. The third-order valence-corrected chi connectivity index (χ3v) is 4.72. The van der Waals surface area contributed by atoms with Crippen LogP contribution in [-0.2, 0) is 19.2 Å². The molecule has 0 saturated carbocycles. The van der Waals surface area contributed by atoms with Crippen LogP contribution in [0.4, 0.5) is 0 Å². The molecule has 0 aliphatic heterocycles. The number of hydrogen-bond donors (Lipinski definition) is 0. The highest BCUT2D eigenvalue weighted by atomic mass is 16.6. The number of methoxy groups -OCH3 is 1. The second-order valence-corrected chi connectivity index (χ2v) is 7.94. The zero-order valence-corrected chi connectivity index (χ0v) is 20.7. The molecule has 0 fully saturated rings. The molecule has 8 heteroatoms. The van der Waals surface area contributed by atoms with E-state index in [-0.39, 0.29) is 34.6 Å². The lowest BCUT2D eigenvalue weighted by atomic mass is 10.1. The van der Waals surface area contributed by atoms with Crippen LogP contribution in [0.25, 0.3) is 12.2 Å². The number of carbonyl (C=O) groups is 5. The zero-order chi connectivity index (χ0) is 27.5. The lowest BCUT2D eigenvalue weighted by molar-refractivity contribution is -0.131. The summed E-state index contributed by atoms with van der Waals surface area (Å²) in [6.45, 7) is 10.0. The Hall–Kier alpha value is -4.85. The lowest BCUT2D eigenvalue weighted by Crippen LogP contribution is -2.09. The molecule has 0 heterocycles. The number of carbonyl (C=O) groups excluding carboxylic acids is 5. The first-order valence-corrected chi connectivity index (χ1v) is 11.0. The molecule has 0 aromatic heterocycles. The number of hydrogen-bond acceptors (Lipinski definition) is 8. The molecule has 0 unspecified atom stereocenters. The number of ether oxygens (including phenoxy) is 3. The van der Waals surface area contributed by atoms with Gasteiger partial charge in [-0.3, -0.25) is 14.4 Å². The first-order valence-electron chi connectivity index (χ1n) is 11.0.